The second-order valence-electron chi connectivity index (χ2n) is 8.22. The normalized spacial score (nSPS) is 22.1. The minimum Gasteiger partial charge on any atom is -0.468 e. The van der Waals surface area contributed by atoms with Crippen LogP contribution < -0.4 is 5.32 Å². The molecule has 0 amide bonds. The lowest BCUT2D eigenvalue weighted by molar-refractivity contribution is -0.384. The van der Waals surface area contributed by atoms with E-state index in [0.717, 1.165) is 5.75 Å². The average molecular weight is 489 g/mol. The van der Waals surface area contributed by atoms with E-state index in [0.29, 0.717) is 29.1 Å². The molecule has 1 aliphatic heterocycles. The number of Topliss-reactive ketones (excluding diaryl/α,β-unsaturated/α-hetero) is 1. The molecule has 0 radical (unpaired) electrons. The third-order valence-electron chi connectivity index (χ3n) is 6.04. The third-order valence-corrected chi connectivity index (χ3v) is 6.91. The first-order valence-corrected chi connectivity index (χ1v) is 12.2. The van der Waals surface area contributed by atoms with Crippen molar-refractivity contribution in [3.05, 3.63) is 62.5 Å². The fourth-order valence-corrected chi connectivity index (χ4v) is 5.01. The molecule has 0 unspecified atom stereocenters. The SMILES string of the molecule is CCSCCOC(=O)C1=C(C)NC2=C(C(=O)[C@H](C(=O)OC)[C@H](C)C2)[C@H]1c1cccc([N+](=O)[O-])c1. The molecule has 1 aromatic carbocycles. The quantitative estimate of drug-likeness (QED) is 0.192. The summed E-state index contributed by atoms with van der Waals surface area (Å²) in [6.07, 6.45) is 0.388. The van der Waals surface area contributed by atoms with Gasteiger partial charge in [0.25, 0.3) is 5.69 Å². The molecule has 1 aliphatic carbocycles. The maximum atomic E-state index is 13.6. The largest absolute Gasteiger partial charge is 0.468 e. The van der Waals surface area contributed by atoms with Crippen LogP contribution in [0.3, 0.4) is 0 Å². The number of nitrogens with one attached hydrogen (secondary N) is 1. The van der Waals surface area contributed by atoms with Crippen LogP contribution in [0.4, 0.5) is 5.69 Å². The van der Waals surface area contributed by atoms with Crippen LogP contribution in [-0.2, 0) is 23.9 Å². The number of nitro groups is 1. The molecule has 1 N–H and O–H groups in total. The van der Waals surface area contributed by atoms with Crippen molar-refractivity contribution in [2.75, 3.05) is 25.2 Å². The lowest BCUT2D eigenvalue weighted by Crippen LogP contribution is -2.43. The number of non-ortho nitro benzene ring substituents is 1. The number of ether oxygens (including phenoxy) is 2. The monoisotopic (exact) mass is 488 g/mol. The Balaban J connectivity index is 2.12. The first-order valence-electron chi connectivity index (χ1n) is 11.0. The predicted molar refractivity (Wildman–Crippen MR) is 127 cm³/mol. The maximum absolute atomic E-state index is 13.6. The third kappa shape index (κ3) is 5.01. The molecule has 0 spiro atoms. The molecule has 182 valence electrons. The number of dihydropyridines is 1. The van der Waals surface area contributed by atoms with Crippen molar-refractivity contribution in [3.8, 4) is 0 Å². The Bertz CT molecular complexity index is 1080. The molecule has 0 bridgehead atoms. The second kappa shape index (κ2) is 10.9. The molecule has 34 heavy (non-hydrogen) atoms. The number of carbonyl (C=O) groups is 3. The lowest BCUT2D eigenvalue weighted by atomic mass is 9.69. The van der Waals surface area contributed by atoms with E-state index < -0.39 is 34.5 Å². The molecule has 9 nitrogen and oxygen atoms in total. The molecule has 10 heteroatoms. The van der Waals surface area contributed by atoms with Gasteiger partial charge in [-0.05, 0) is 30.6 Å². The molecule has 1 aromatic rings. The van der Waals surface area contributed by atoms with E-state index in [4.69, 9.17) is 9.47 Å². The molecular formula is C24H28N2O7S. The highest BCUT2D eigenvalue weighted by atomic mass is 32.2. The van der Waals surface area contributed by atoms with Crippen molar-refractivity contribution < 1.29 is 28.8 Å². The van der Waals surface area contributed by atoms with E-state index in [1.54, 1.807) is 31.7 Å². The Kier molecular flexibility index (Phi) is 8.14. The van der Waals surface area contributed by atoms with Gasteiger partial charge in [-0.3, -0.25) is 19.7 Å². The second-order valence-corrected chi connectivity index (χ2v) is 9.61. The summed E-state index contributed by atoms with van der Waals surface area (Å²) in [5, 5.41) is 14.6. The maximum Gasteiger partial charge on any atom is 0.336 e. The van der Waals surface area contributed by atoms with Gasteiger partial charge in [0.2, 0.25) is 0 Å². The molecule has 0 saturated heterocycles. The molecule has 0 fully saturated rings. The summed E-state index contributed by atoms with van der Waals surface area (Å²) in [6.45, 7) is 5.70. The number of hydrogen-bond acceptors (Lipinski definition) is 9. The van der Waals surface area contributed by atoms with Gasteiger partial charge in [-0.25, -0.2) is 4.79 Å². The van der Waals surface area contributed by atoms with Crippen LogP contribution in [0.5, 0.6) is 0 Å². The van der Waals surface area contributed by atoms with Gasteiger partial charge in [-0.1, -0.05) is 26.0 Å². The average Bonchev–Trinajstić information content (AvgIpc) is 2.80. The summed E-state index contributed by atoms with van der Waals surface area (Å²) in [7, 11) is 1.23. The Morgan fingerprint density at radius 3 is 2.71 bits per heavy atom. The van der Waals surface area contributed by atoms with Gasteiger partial charge in [0.1, 0.15) is 12.5 Å². The van der Waals surface area contributed by atoms with Gasteiger partial charge < -0.3 is 14.8 Å². The van der Waals surface area contributed by atoms with E-state index in [1.807, 2.05) is 6.92 Å². The van der Waals surface area contributed by atoms with Gasteiger partial charge in [0.15, 0.2) is 5.78 Å². The van der Waals surface area contributed by atoms with Crippen molar-refractivity contribution in [1.82, 2.24) is 5.32 Å². The van der Waals surface area contributed by atoms with E-state index in [-0.39, 0.29) is 29.4 Å². The predicted octanol–water partition coefficient (Wildman–Crippen LogP) is 3.50. The Morgan fingerprint density at radius 1 is 1.32 bits per heavy atom. The Hall–Kier alpha value is -3.14. The Morgan fingerprint density at radius 2 is 2.06 bits per heavy atom. The minimum absolute atomic E-state index is 0.163. The smallest absolute Gasteiger partial charge is 0.336 e. The fraction of sp³-hybridized carbons (Fsp3) is 0.458. The minimum atomic E-state index is -1.02. The highest BCUT2D eigenvalue weighted by molar-refractivity contribution is 7.99. The molecule has 1 heterocycles. The number of rotatable bonds is 8. The summed E-state index contributed by atoms with van der Waals surface area (Å²) >= 11 is 1.63. The van der Waals surface area contributed by atoms with E-state index >= 15 is 0 Å². The highest BCUT2D eigenvalue weighted by Crippen LogP contribution is 2.45. The highest BCUT2D eigenvalue weighted by Gasteiger charge is 2.47. The number of carbonyl (C=O) groups excluding carboxylic acids is 3. The first kappa shape index (κ1) is 25.5. The van der Waals surface area contributed by atoms with Gasteiger partial charge in [0, 0.05) is 40.8 Å². The number of ketones is 1. The summed E-state index contributed by atoms with van der Waals surface area (Å²) < 4.78 is 10.4. The van der Waals surface area contributed by atoms with E-state index in [1.165, 1.54) is 25.3 Å². The summed E-state index contributed by atoms with van der Waals surface area (Å²) in [6, 6.07) is 5.85. The van der Waals surface area contributed by atoms with Gasteiger partial charge in [-0.15, -0.1) is 0 Å². The fourth-order valence-electron chi connectivity index (χ4n) is 4.52. The topological polar surface area (TPSA) is 125 Å². The molecular weight excluding hydrogens is 460 g/mol. The number of hydrogen-bond donors (Lipinski definition) is 1. The summed E-state index contributed by atoms with van der Waals surface area (Å²) in [5.41, 5.74) is 1.81. The van der Waals surface area contributed by atoms with Crippen molar-refractivity contribution in [3.63, 3.8) is 0 Å². The van der Waals surface area contributed by atoms with Crippen LogP contribution in [0.1, 0.15) is 38.7 Å². The van der Waals surface area contributed by atoms with E-state index in [9.17, 15) is 24.5 Å². The number of nitrogens with zero attached hydrogens (tertiary/aromatic N) is 1. The van der Waals surface area contributed by atoms with Crippen LogP contribution >= 0.6 is 11.8 Å². The summed E-state index contributed by atoms with van der Waals surface area (Å²) in [5.74, 6) is -2.45. The number of thioether (sulfide) groups is 1. The number of methoxy groups -OCH3 is 1. The lowest BCUT2D eigenvalue weighted by Gasteiger charge is -2.38. The van der Waals surface area contributed by atoms with Crippen LogP contribution in [0.2, 0.25) is 0 Å². The van der Waals surface area contributed by atoms with E-state index in [2.05, 4.69) is 5.32 Å². The first-order chi connectivity index (χ1) is 16.2. The number of nitro benzene ring substituents is 1. The molecule has 2 aliphatic rings. The Labute approximate surface area is 202 Å². The van der Waals surface area contributed by atoms with Crippen molar-refractivity contribution in [2.45, 2.75) is 33.1 Å². The van der Waals surface area contributed by atoms with Gasteiger partial charge in [-0.2, -0.15) is 11.8 Å². The molecule has 0 aromatic heterocycles. The van der Waals surface area contributed by atoms with Crippen molar-refractivity contribution in [2.24, 2.45) is 11.8 Å². The summed E-state index contributed by atoms with van der Waals surface area (Å²) in [4.78, 5) is 50.2. The van der Waals surface area contributed by atoms with Crippen molar-refractivity contribution >= 4 is 35.2 Å². The van der Waals surface area contributed by atoms with Gasteiger partial charge >= 0.3 is 11.9 Å². The van der Waals surface area contributed by atoms with Crippen LogP contribution in [0, 0.1) is 22.0 Å². The zero-order chi connectivity index (χ0) is 25.0. The zero-order valence-corrected chi connectivity index (χ0v) is 20.4. The van der Waals surface area contributed by atoms with Crippen LogP contribution in [0.25, 0.3) is 0 Å². The van der Waals surface area contributed by atoms with Crippen LogP contribution in [-0.4, -0.2) is 47.9 Å². The number of benzene rings is 1. The number of esters is 2. The molecule has 0 saturated carbocycles. The zero-order valence-electron chi connectivity index (χ0n) is 19.6. The van der Waals surface area contributed by atoms with Crippen LogP contribution in [0.15, 0.2) is 46.8 Å². The standard InChI is InChI=1S/C24H28N2O7S/c1-5-34-10-9-33-24(29)19-14(3)25-17-11-13(2)18(23(28)32-4)22(27)21(17)20(19)15-7-6-8-16(12-15)26(30)31/h6-8,12-13,18,20,25H,5,9-11H2,1-4H3/t13-,18-,20+/m1/s1. The number of allylic oxidation sites excluding steroid dienone is 3. The molecule has 3 atom stereocenters. The van der Waals surface area contributed by atoms with Crippen molar-refractivity contribution in [1.29, 1.82) is 0 Å². The van der Waals surface area contributed by atoms with Gasteiger partial charge in [0.05, 0.1) is 17.6 Å². The molecule has 3 rings (SSSR count).